The summed E-state index contributed by atoms with van der Waals surface area (Å²) in [7, 11) is 0. The van der Waals surface area contributed by atoms with Crippen molar-refractivity contribution in [1.29, 1.82) is 0 Å². The number of allylic oxidation sites excluding steroid dienone is 4. The average Bonchev–Trinajstić information content (AvgIpc) is 2.00. The molecule has 0 rings (SSSR count). The van der Waals surface area contributed by atoms with Crippen molar-refractivity contribution in [1.82, 2.24) is 0 Å². The van der Waals surface area contributed by atoms with Gasteiger partial charge in [0, 0.05) is 0 Å². The summed E-state index contributed by atoms with van der Waals surface area (Å²) in [5, 5.41) is 0. The highest BCUT2D eigenvalue weighted by Crippen LogP contribution is 2.10. The zero-order valence-electron chi connectivity index (χ0n) is 9.13. The van der Waals surface area contributed by atoms with Crippen molar-refractivity contribution >= 4 is 5.78 Å². The molecule has 0 aliphatic heterocycles. The summed E-state index contributed by atoms with van der Waals surface area (Å²) in [4.78, 5) is 10.6. The monoisotopic (exact) mass is 180 g/mol. The van der Waals surface area contributed by atoms with Crippen LogP contribution >= 0.6 is 0 Å². The molecule has 0 fully saturated rings. The van der Waals surface area contributed by atoms with Gasteiger partial charge < -0.3 is 0 Å². The van der Waals surface area contributed by atoms with E-state index in [-0.39, 0.29) is 5.78 Å². The molecule has 1 atom stereocenters. The third-order valence-electron chi connectivity index (χ3n) is 1.82. The first-order valence-corrected chi connectivity index (χ1v) is 4.83. The third-order valence-corrected chi connectivity index (χ3v) is 1.82. The molecule has 0 N–H and O–H groups in total. The van der Waals surface area contributed by atoms with Crippen molar-refractivity contribution in [3.8, 4) is 0 Å². The molecule has 0 amide bonds. The summed E-state index contributed by atoms with van der Waals surface area (Å²) in [5.41, 5.74) is 1.36. The van der Waals surface area contributed by atoms with Gasteiger partial charge in [-0.3, -0.25) is 4.79 Å². The largest absolute Gasteiger partial charge is 0.295 e. The Kier molecular flexibility index (Phi) is 6.21. The fraction of sp³-hybridized carbons (Fsp3) is 0.583. The lowest BCUT2D eigenvalue weighted by Gasteiger charge is -2.04. The van der Waals surface area contributed by atoms with Crippen LogP contribution in [0.25, 0.3) is 0 Å². The molecule has 74 valence electrons. The van der Waals surface area contributed by atoms with Crippen LogP contribution in [0, 0.1) is 5.92 Å². The minimum Gasteiger partial charge on any atom is -0.295 e. The smallest absolute Gasteiger partial charge is 0.152 e. The molecule has 0 aromatic carbocycles. The highest BCUT2D eigenvalue weighted by molar-refractivity contribution is 5.87. The maximum atomic E-state index is 10.6. The molecule has 0 saturated heterocycles. The lowest BCUT2D eigenvalue weighted by molar-refractivity contribution is -0.112. The van der Waals surface area contributed by atoms with E-state index < -0.39 is 0 Å². The van der Waals surface area contributed by atoms with Gasteiger partial charge >= 0.3 is 0 Å². The SMILES string of the molecule is CC(=O)C=CCC(C)CC=C(C)C. The van der Waals surface area contributed by atoms with Gasteiger partial charge in [-0.15, -0.1) is 0 Å². The molecule has 0 aromatic rings. The van der Waals surface area contributed by atoms with Crippen LogP contribution in [-0.2, 0) is 4.79 Å². The third kappa shape index (κ3) is 9.06. The Labute approximate surface area is 81.5 Å². The number of carbonyl (C=O) groups excluding carboxylic acids is 1. The number of hydrogen-bond donors (Lipinski definition) is 0. The number of rotatable bonds is 5. The Morgan fingerprint density at radius 3 is 2.31 bits per heavy atom. The van der Waals surface area contributed by atoms with Gasteiger partial charge in [-0.25, -0.2) is 0 Å². The Morgan fingerprint density at radius 1 is 1.23 bits per heavy atom. The van der Waals surface area contributed by atoms with Crippen LogP contribution in [0.15, 0.2) is 23.8 Å². The number of carbonyl (C=O) groups is 1. The maximum absolute atomic E-state index is 10.6. The molecule has 13 heavy (non-hydrogen) atoms. The van der Waals surface area contributed by atoms with Crippen molar-refractivity contribution in [2.75, 3.05) is 0 Å². The van der Waals surface area contributed by atoms with Crippen molar-refractivity contribution < 1.29 is 4.79 Å². The van der Waals surface area contributed by atoms with Crippen molar-refractivity contribution in [3.63, 3.8) is 0 Å². The van der Waals surface area contributed by atoms with E-state index in [0.29, 0.717) is 5.92 Å². The zero-order valence-corrected chi connectivity index (χ0v) is 9.13. The van der Waals surface area contributed by atoms with Crippen LogP contribution in [0.5, 0.6) is 0 Å². The minimum atomic E-state index is 0.134. The molecule has 0 aliphatic rings. The second-order valence-electron chi connectivity index (χ2n) is 3.87. The predicted octanol–water partition coefficient (Wildman–Crippen LogP) is 3.51. The van der Waals surface area contributed by atoms with Crippen LogP contribution in [0.4, 0.5) is 0 Å². The molecule has 1 heteroatoms. The lowest BCUT2D eigenvalue weighted by Crippen LogP contribution is -1.91. The number of ketones is 1. The van der Waals surface area contributed by atoms with Crippen molar-refractivity contribution in [2.45, 2.75) is 40.5 Å². The molecule has 0 saturated carbocycles. The summed E-state index contributed by atoms with van der Waals surface area (Å²) in [5.74, 6) is 0.764. The second kappa shape index (κ2) is 6.64. The molecule has 0 radical (unpaired) electrons. The number of hydrogen-bond acceptors (Lipinski definition) is 1. The van der Waals surface area contributed by atoms with Gasteiger partial charge in [0.1, 0.15) is 0 Å². The standard InChI is InChI=1S/C12H20O/c1-10(2)8-9-11(3)6-5-7-12(4)13/h5,7-8,11H,6,9H2,1-4H3. The molecule has 0 bridgehead atoms. The van der Waals surface area contributed by atoms with E-state index >= 15 is 0 Å². The fourth-order valence-electron chi connectivity index (χ4n) is 0.999. The summed E-state index contributed by atoms with van der Waals surface area (Å²) in [6.45, 7) is 8.00. The topological polar surface area (TPSA) is 17.1 Å². The van der Waals surface area contributed by atoms with Gasteiger partial charge in [-0.1, -0.05) is 24.6 Å². The molecular formula is C12H20O. The molecular weight excluding hydrogens is 160 g/mol. The van der Waals surface area contributed by atoms with Crippen LogP contribution in [0.3, 0.4) is 0 Å². The van der Waals surface area contributed by atoms with E-state index in [9.17, 15) is 4.79 Å². The summed E-state index contributed by atoms with van der Waals surface area (Å²) >= 11 is 0. The maximum Gasteiger partial charge on any atom is 0.152 e. The molecule has 0 spiro atoms. The van der Waals surface area contributed by atoms with Crippen LogP contribution < -0.4 is 0 Å². The van der Waals surface area contributed by atoms with E-state index in [0.717, 1.165) is 12.8 Å². The van der Waals surface area contributed by atoms with Crippen LogP contribution in [0.1, 0.15) is 40.5 Å². The Hall–Kier alpha value is -0.850. The Bertz CT molecular complexity index is 207. The van der Waals surface area contributed by atoms with E-state index in [4.69, 9.17) is 0 Å². The normalized spacial score (nSPS) is 12.9. The first-order chi connectivity index (χ1) is 6.02. The minimum absolute atomic E-state index is 0.134. The van der Waals surface area contributed by atoms with Gasteiger partial charge in [0.2, 0.25) is 0 Å². The zero-order chi connectivity index (χ0) is 10.3. The van der Waals surface area contributed by atoms with Crippen molar-refractivity contribution in [2.24, 2.45) is 5.92 Å². The molecule has 1 unspecified atom stereocenters. The van der Waals surface area contributed by atoms with Crippen LogP contribution in [0.2, 0.25) is 0 Å². The molecule has 1 nitrogen and oxygen atoms in total. The van der Waals surface area contributed by atoms with Gasteiger partial charge in [0.05, 0.1) is 0 Å². The van der Waals surface area contributed by atoms with Gasteiger partial charge in [0.25, 0.3) is 0 Å². The van der Waals surface area contributed by atoms with Gasteiger partial charge in [-0.05, 0) is 45.6 Å². The molecule has 0 aliphatic carbocycles. The molecule has 0 aromatic heterocycles. The van der Waals surface area contributed by atoms with Crippen molar-refractivity contribution in [3.05, 3.63) is 23.8 Å². The quantitative estimate of drug-likeness (QED) is 0.467. The highest BCUT2D eigenvalue weighted by Gasteiger charge is 1.96. The predicted molar refractivity (Wildman–Crippen MR) is 57.7 cm³/mol. The Balaban J connectivity index is 3.69. The first kappa shape index (κ1) is 12.2. The summed E-state index contributed by atoms with van der Waals surface area (Å²) < 4.78 is 0. The second-order valence-corrected chi connectivity index (χ2v) is 3.87. The summed E-state index contributed by atoms with van der Waals surface area (Å²) in [6.07, 6.45) is 7.95. The first-order valence-electron chi connectivity index (χ1n) is 4.83. The highest BCUT2D eigenvalue weighted by atomic mass is 16.1. The van der Waals surface area contributed by atoms with E-state index in [2.05, 4.69) is 26.8 Å². The van der Waals surface area contributed by atoms with Gasteiger partial charge in [-0.2, -0.15) is 0 Å². The fourth-order valence-corrected chi connectivity index (χ4v) is 0.999. The summed E-state index contributed by atoms with van der Waals surface area (Å²) in [6, 6.07) is 0. The average molecular weight is 180 g/mol. The lowest BCUT2D eigenvalue weighted by atomic mass is 10.0. The van der Waals surface area contributed by atoms with Crippen LogP contribution in [-0.4, -0.2) is 5.78 Å². The van der Waals surface area contributed by atoms with E-state index in [1.54, 1.807) is 13.0 Å². The van der Waals surface area contributed by atoms with Gasteiger partial charge in [0.15, 0.2) is 5.78 Å². The van der Waals surface area contributed by atoms with E-state index in [1.807, 2.05) is 6.08 Å². The van der Waals surface area contributed by atoms with E-state index in [1.165, 1.54) is 5.57 Å². The molecule has 0 heterocycles. The Morgan fingerprint density at radius 2 is 1.85 bits per heavy atom.